The van der Waals surface area contributed by atoms with Crippen LogP contribution in [0.15, 0.2) is 49.1 Å². The van der Waals surface area contributed by atoms with Crippen LogP contribution in [0.4, 0.5) is 11.4 Å². The molecule has 0 N–H and O–H groups in total. The van der Waals surface area contributed by atoms with E-state index in [0.717, 1.165) is 6.67 Å². The summed E-state index contributed by atoms with van der Waals surface area (Å²) in [4.78, 5) is 13.4. The van der Waals surface area contributed by atoms with Gasteiger partial charge in [0.25, 0.3) is 0 Å². The Kier molecular flexibility index (Phi) is 3.22. The third-order valence-electron chi connectivity index (χ3n) is 4.79. The molecule has 0 aromatic carbocycles. The van der Waals surface area contributed by atoms with Gasteiger partial charge in [0.15, 0.2) is 0 Å². The first-order valence-corrected chi connectivity index (χ1v) is 7.77. The van der Waals surface area contributed by atoms with Crippen molar-refractivity contribution in [2.45, 2.75) is 37.8 Å². The zero-order valence-corrected chi connectivity index (χ0v) is 12.1. The molecule has 0 amide bonds. The fourth-order valence-electron chi connectivity index (χ4n) is 3.81. The molecular formula is C17H20N4. The van der Waals surface area contributed by atoms with Crippen LogP contribution >= 0.6 is 0 Å². The summed E-state index contributed by atoms with van der Waals surface area (Å²) in [6.07, 6.45) is 12.8. The summed E-state index contributed by atoms with van der Waals surface area (Å²) < 4.78 is 0. The molecule has 1 aliphatic heterocycles. The Balaban J connectivity index is 1.68. The molecule has 4 rings (SSSR count). The Morgan fingerprint density at radius 3 is 1.57 bits per heavy atom. The zero-order valence-electron chi connectivity index (χ0n) is 12.1. The Morgan fingerprint density at radius 2 is 1.14 bits per heavy atom. The average molecular weight is 280 g/mol. The van der Waals surface area contributed by atoms with E-state index in [0.29, 0.717) is 12.1 Å². The molecule has 0 radical (unpaired) electrons. The van der Waals surface area contributed by atoms with Crippen LogP contribution in [-0.2, 0) is 0 Å². The third-order valence-corrected chi connectivity index (χ3v) is 4.79. The van der Waals surface area contributed by atoms with E-state index in [1.807, 2.05) is 24.8 Å². The monoisotopic (exact) mass is 280 g/mol. The molecule has 4 nitrogen and oxygen atoms in total. The number of hydrogen-bond acceptors (Lipinski definition) is 4. The third kappa shape index (κ3) is 2.24. The van der Waals surface area contributed by atoms with Gasteiger partial charge < -0.3 is 9.80 Å². The number of aromatic nitrogens is 2. The molecule has 108 valence electrons. The second-order valence-electron chi connectivity index (χ2n) is 5.91. The van der Waals surface area contributed by atoms with Gasteiger partial charge in [0.05, 0.1) is 18.8 Å². The summed E-state index contributed by atoms with van der Waals surface area (Å²) in [5, 5.41) is 0. The lowest BCUT2D eigenvalue weighted by molar-refractivity contribution is 0.409. The van der Waals surface area contributed by atoms with Crippen LogP contribution in [0, 0.1) is 0 Å². The largest absolute Gasteiger partial charge is 0.349 e. The van der Waals surface area contributed by atoms with Gasteiger partial charge >= 0.3 is 0 Å². The van der Waals surface area contributed by atoms with Crippen LogP contribution in [0.3, 0.4) is 0 Å². The molecule has 2 aliphatic rings. The van der Waals surface area contributed by atoms with Crippen LogP contribution in [0.5, 0.6) is 0 Å². The molecule has 1 aliphatic carbocycles. The summed E-state index contributed by atoms with van der Waals surface area (Å²) in [5.41, 5.74) is 2.58. The highest BCUT2D eigenvalue weighted by atomic mass is 15.4. The molecule has 0 spiro atoms. The first-order valence-electron chi connectivity index (χ1n) is 7.77. The number of fused-ring (bicyclic) bond motifs is 1. The van der Waals surface area contributed by atoms with Crippen LogP contribution in [0.2, 0.25) is 0 Å². The van der Waals surface area contributed by atoms with Gasteiger partial charge in [0.1, 0.15) is 0 Å². The lowest BCUT2D eigenvalue weighted by atomic mass is 9.90. The predicted molar refractivity (Wildman–Crippen MR) is 84.3 cm³/mol. The Labute approximate surface area is 125 Å². The predicted octanol–water partition coefficient (Wildman–Crippen LogP) is 3.07. The van der Waals surface area contributed by atoms with Crippen molar-refractivity contribution in [1.82, 2.24) is 9.97 Å². The van der Waals surface area contributed by atoms with Gasteiger partial charge in [-0.2, -0.15) is 0 Å². The molecule has 3 heterocycles. The van der Waals surface area contributed by atoms with Crippen molar-refractivity contribution in [1.29, 1.82) is 0 Å². The van der Waals surface area contributed by atoms with Crippen LogP contribution in [0.25, 0.3) is 0 Å². The fraction of sp³-hybridized carbons (Fsp3) is 0.412. The summed E-state index contributed by atoms with van der Waals surface area (Å²) in [6, 6.07) is 9.75. The van der Waals surface area contributed by atoms with E-state index >= 15 is 0 Å². The van der Waals surface area contributed by atoms with Crippen LogP contribution in [-0.4, -0.2) is 28.7 Å². The number of anilines is 2. The van der Waals surface area contributed by atoms with Gasteiger partial charge in [-0.15, -0.1) is 0 Å². The molecule has 0 bridgehead atoms. The fourth-order valence-corrected chi connectivity index (χ4v) is 3.81. The van der Waals surface area contributed by atoms with E-state index in [1.165, 1.54) is 37.1 Å². The van der Waals surface area contributed by atoms with Gasteiger partial charge in [-0.1, -0.05) is 12.8 Å². The van der Waals surface area contributed by atoms with Gasteiger partial charge in [0.2, 0.25) is 0 Å². The molecule has 1 saturated carbocycles. The number of hydrogen-bond donors (Lipinski definition) is 0. The molecule has 2 fully saturated rings. The maximum Gasteiger partial charge on any atom is 0.0910 e. The zero-order chi connectivity index (χ0) is 14.1. The molecule has 1 saturated heterocycles. The average Bonchev–Trinajstić information content (AvgIpc) is 2.96. The van der Waals surface area contributed by atoms with Crippen molar-refractivity contribution in [3.63, 3.8) is 0 Å². The van der Waals surface area contributed by atoms with E-state index in [2.05, 4.69) is 44.0 Å². The molecule has 2 aromatic rings. The molecular weight excluding hydrogens is 260 g/mol. The van der Waals surface area contributed by atoms with Crippen LogP contribution in [0.1, 0.15) is 25.7 Å². The Morgan fingerprint density at radius 1 is 0.714 bits per heavy atom. The highest BCUT2D eigenvalue weighted by Crippen LogP contribution is 2.38. The standard InChI is InChI=1S/C17H20N4/c1-2-4-17-16(3-1)20(14-5-9-18-10-6-14)13-21(17)15-7-11-19-12-8-15/h5-12,16-17H,1-4,13H2/t16-,17-/m1/s1. The minimum Gasteiger partial charge on any atom is -0.349 e. The first kappa shape index (κ1) is 12.6. The SMILES string of the molecule is c1cc(N2CN(c3ccncc3)[C@@H]3CCCC[C@H]32)ccn1. The van der Waals surface area contributed by atoms with E-state index in [1.54, 1.807) is 0 Å². The van der Waals surface area contributed by atoms with E-state index in [-0.39, 0.29) is 0 Å². The van der Waals surface area contributed by atoms with Crippen molar-refractivity contribution in [2.24, 2.45) is 0 Å². The van der Waals surface area contributed by atoms with Crippen molar-refractivity contribution >= 4 is 11.4 Å². The molecule has 0 unspecified atom stereocenters. The van der Waals surface area contributed by atoms with Gasteiger partial charge in [-0.3, -0.25) is 9.97 Å². The first-order chi connectivity index (χ1) is 10.4. The molecule has 2 atom stereocenters. The second kappa shape index (κ2) is 5.35. The van der Waals surface area contributed by atoms with Gasteiger partial charge in [0, 0.05) is 36.2 Å². The molecule has 2 aromatic heterocycles. The van der Waals surface area contributed by atoms with E-state index in [9.17, 15) is 0 Å². The topological polar surface area (TPSA) is 32.3 Å². The number of rotatable bonds is 2. The van der Waals surface area contributed by atoms with E-state index < -0.39 is 0 Å². The minimum absolute atomic E-state index is 0.620. The minimum atomic E-state index is 0.620. The molecule has 4 heteroatoms. The second-order valence-corrected chi connectivity index (χ2v) is 5.91. The van der Waals surface area contributed by atoms with Crippen LogP contribution < -0.4 is 9.80 Å². The number of nitrogens with zero attached hydrogens (tertiary/aromatic N) is 4. The van der Waals surface area contributed by atoms with Crippen molar-refractivity contribution in [2.75, 3.05) is 16.5 Å². The van der Waals surface area contributed by atoms with Crippen molar-refractivity contribution in [3.8, 4) is 0 Å². The summed E-state index contributed by atoms with van der Waals surface area (Å²) >= 11 is 0. The van der Waals surface area contributed by atoms with Crippen molar-refractivity contribution in [3.05, 3.63) is 49.1 Å². The number of pyridine rings is 2. The Hall–Kier alpha value is -2.10. The van der Waals surface area contributed by atoms with Crippen molar-refractivity contribution < 1.29 is 0 Å². The van der Waals surface area contributed by atoms with E-state index in [4.69, 9.17) is 0 Å². The van der Waals surface area contributed by atoms with Gasteiger partial charge in [-0.25, -0.2) is 0 Å². The smallest absolute Gasteiger partial charge is 0.0910 e. The van der Waals surface area contributed by atoms with Gasteiger partial charge in [-0.05, 0) is 37.1 Å². The summed E-state index contributed by atoms with van der Waals surface area (Å²) in [5.74, 6) is 0. The summed E-state index contributed by atoms with van der Waals surface area (Å²) in [6.45, 7) is 0.962. The Bertz CT molecular complexity index is 533. The maximum atomic E-state index is 4.15. The highest BCUT2D eigenvalue weighted by Gasteiger charge is 2.41. The summed E-state index contributed by atoms with van der Waals surface area (Å²) in [7, 11) is 0. The normalized spacial score (nSPS) is 25.0. The maximum absolute atomic E-state index is 4.15. The lowest BCUT2D eigenvalue weighted by Gasteiger charge is -2.33. The lowest BCUT2D eigenvalue weighted by Crippen LogP contribution is -2.40. The molecule has 21 heavy (non-hydrogen) atoms. The quantitative estimate of drug-likeness (QED) is 0.846. The highest BCUT2D eigenvalue weighted by molar-refractivity contribution is 5.56.